The van der Waals surface area contributed by atoms with Crippen LogP contribution < -0.4 is 5.32 Å². The van der Waals surface area contributed by atoms with Crippen LogP contribution in [0.2, 0.25) is 0 Å². The average molecular weight is 317 g/mol. The highest BCUT2D eigenvalue weighted by molar-refractivity contribution is 7.99. The number of nitrogens with one attached hydrogen (secondary N) is 1. The van der Waals surface area contributed by atoms with Gasteiger partial charge in [0.1, 0.15) is 0 Å². The predicted octanol–water partition coefficient (Wildman–Crippen LogP) is 1.32. The van der Waals surface area contributed by atoms with Crippen LogP contribution in [0.15, 0.2) is 0 Å². The largest absolute Gasteiger partial charge is 0.481 e. The molecule has 0 saturated carbocycles. The summed E-state index contributed by atoms with van der Waals surface area (Å²) < 4.78 is 0. The summed E-state index contributed by atoms with van der Waals surface area (Å²) in [4.78, 5) is 27.0. The third-order valence-corrected chi connectivity index (χ3v) is 5.07. The zero-order valence-electron chi connectivity index (χ0n) is 13.2. The fourth-order valence-electron chi connectivity index (χ4n) is 2.27. The van der Waals surface area contributed by atoms with Gasteiger partial charge in [0, 0.05) is 37.2 Å². The van der Waals surface area contributed by atoms with Crippen LogP contribution in [0.3, 0.4) is 0 Å². The molecule has 1 heterocycles. The Balaban J connectivity index is 2.40. The number of hydrogen-bond acceptors (Lipinski definition) is 4. The Bertz CT molecular complexity index is 354. The molecule has 0 radical (unpaired) electrons. The van der Waals surface area contributed by atoms with Crippen molar-refractivity contribution < 1.29 is 14.7 Å². The summed E-state index contributed by atoms with van der Waals surface area (Å²) in [5, 5.41) is 11.8. The quantitative estimate of drug-likeness (QED) is 0.741. The van der Waals surface area contributed by atoms with Crippen molar-refractivity contribution in [2.75, 3.05) is 38.2 Å². The van der Waals surface area contributed by atoms with E-state index in [9.17, 15) is 9.59 Å². The number of aliphatic carboxylic acids is 1. The van der Waals surface area contributed by atoms with Crippen molar-refractivity contribution in [3.8, 4) is 0 Å². The number of carboxylic acid groups (broad SMARTS) is 1. The van der Waals surface area contributed by atoms with Crippen LogP contribution in [-0.2, 0) is 4.79 Å². The maximum atomic E-state index is 12.2. The molecule has 122 valence electrons. The smallest absolute Gasteiger partial charge is 0.317 e. The van der Waals surface area contributed by atoms with Crippen LogP contribution in [0.1, 0.15) is 26.7 Å². The highest BCUT2D eigenvalue weighted by Gasteiger charge is 2.28. The molecule has 2 unspecified atom stereocenters. The fraction of sp³-hybridized carbons (Fsp3) is 0.857. The minimum atomic E-state index is -0.850. The lowest BCUT2D eigenvalue weighted by molar-refractivity contribution is -0.137. The maximum Gasteiger partial charge on any atom is 0.317 e. The second kappa shape index (κ2) is 9.15. The molecule has 21 heavy (non-hydrogen) atoms. The number of urea groups is 1. The molecule has 0 aromatic heterocycles. The van der Waals surface area contributed by atoms with E-state index in [4.69, 9.17) is 5.11 Å². The molecule has 0 spiro atoms. The van der Waals surface area contributed by atoms with Crippen LogP contribution in [0.4, 0.5) is 4.79 Å². The van der Waals surface area contributed by atoms with Gasteiger partial charge in [-0.25, -0.2) is 4.79 Å². The topological polar surface area (TPSA) is 72.9 Å². The summed E-state index contributed by atoms with van der Waals surface area (Å²) >= 11 is 1.71. The van der Waals surface area contributed by atoms with E-state index in [1.165, 1.54) is 0 Å². The van der Waals surface area contributed by atoms with Crippen molar-refractivity contribution in [1.29, 1.82) is 0 Å². The number of amides is 2. The van der Waals surface area contributed by atoms with E-state index in [0.717, 1.165) is 18.7 Å². The Morgan fingerprint density at radius 3 is 2.86 bits per heavy atom. The van der Waals surface area contributed by atoms with Crippen molar-refractivity contribution >= 4 is 23.8 Å². The second-order valence-electron chi connectivity index (χ2n) is 5.49. The molecule has 2 amide bonds. The molecule has 1 aliphatic heterocycles. The summed E-state index contributed by atoms with van der Waals surface area (Å²) in [5.74, 6) is 0.722. The number of hydrogen-bond donors (Lipinski definition) is 2. The normalized spacial score (nSPS) is 20.4. The van der Waals surface area contributed by atoms with Crippen molar-refractivity contribution in [3.63, 3.8) is 0 Å². The lowest BCUT2D eigenvalue weighted by Crippen LogP contribution is -2.52. The SMILES string of the molecule is CCC(C)N(C)CCNC(=O)N1CCSCC1CC(=O)O. The molecule has 2 N–H and O–H groups in total. The third kappa shape index (κ3) is 6.13. The number of nitrogens with zero attached hydrogens (tertiary/aromatic N) is 2. The number of rotatable bonds is 7. The Labute approximate surface area is 131 Å². The Hall–Kier alpha value is -0.950. The lowest BCUT2D eigenvalue weighted by Gasteiger charge is -2.34. The Morgan fingerprint density at radius 2 is 2.24 bits per heavy atom. The van der Waals surface area contributed by atoms with E-state index in [0.29, 0.717) is 24.9 Å². The first-order valence-electron chi connectivity index (χ1n) is 7.50. The molecular weight excluding hydrogens is 290 g/mol. The van der Waals surface area contributed by atoms with Crippen LogP contribution in [0.5, 0.6) is 0 Å². The van der Waals surface area contributed by atoms with E-state index in [2.05, 4.69) is 24.1 Å². The molecular formula is C14H27N3O3S. The standard InChI is InChI=1S/C14H27N3O3S/c1-4-11(2)16(3)6-5-15-14(20)17-7-8-21-10-12(17)9-13(18)19/h11-12H,4-10H2,1-3H3,(H,15,20)(H,18,19). The van der Waals surface area contributed by atoms with Gasteiger partial charge in [-0.1, -0.05) is 6.92 Å². The first kappa shape index (κ1) is 18.1. The molecule has 1 aliphatic rings. The van der Waals surface area contributed by atoms with Gasteiger partial charge >= 0.3 is 12.0 Å². The highest BCUT2D eigenvalue weighted by atomic mass is 32.2. The average Bonchev–Trinajstić information content (AvgIpc) is 2.46. The molecule has 0 bridgehead atoms. The molecule has 1 saturated heterocycles. The van der Waals surface area contributed by atoms with Crippen LogP contribution >= 0.6 is 11.8 Å². The predicted molar refractivity (Wildman–Crippen MR) is 85.9 cm³/mol. The minimum absolute atomic E-state index is 0.0210. The molecule has 6 nitrogen and oxygen atoms in total. The molecule has 0 aromatic rings. The zero-order valence-corrected chi connectivity index (χ0v) is 14.0. The molecule has 1 rings (SSSR count). The fourth-order valence-corrected chi connectivity index (χ4v) is 3.33. The summed E-state index contributed by atoms with van der Waals surface area (Å²) in [5.41, 5.74) is 0. The van der Waals surface area contributed by atoms with Gasteiger partial charge in [0.25, 0.3) is 0 Å². The number of carboxylic acids is 1. The van der Waals surface area contributed by atoms with E-state index in [-0.39, 0.29) is 18.5 Å². The molecule has 2 atom stereocenters. The van der Waals surface area contributed by atoms with Gasteiger partial charge in [0.05, 0.1) is 12.5 Å². The van der Waals surface area contributed by atoms with Gasteiger partial charge in [0.15, 0.2) is 0 Å². The van der Waals surface area contributed by atoms with Crippen molar-refractivity contribution in [2.45, 2.75) is 38.8 Å². The molecule has 0 aliphatic carbocycles. The number of carbonyl (C=O) groups excluding carboxylic acids is 1. The van der Waals surface area contributed by atoms with Crippen LogP contribution in [-0.4, -0.2) is 77.2 Å². The molecule has 7 heteroatoms. The first-order valence-corrected chi connectivity index (χ1v) is 8.65. The van der Waals surface area contributed by atoms with Crippen molar-refractivity contribution in [3.05, 3.63) is 0 Å². The summed E-state index contributed by atoms with van der Waals surface area (Å²) in [6.45, 7) is 6.31. The Morgan fingerprint density at radius 1 is 1.52 bits per heavy atom. The first-order chi connectivity index (χ1) is 9.95. The number of likely N-dealkylation sites (N-methyl/N-ethyl adjacent to an activating group) is 1. The van der Waals surface area contributed by atoms with E-state index >= 15 is 0 Å². The minimum Gasteiger partial charge on any atom is -0.481 e. The zero-order chi connectivity index (χ0) is 15.8. The monoisotopic (exact) mass is 317 g/mol. The second-order valence-corrected chi connectivity index (χ2v) is 6.64. The van der Waals surface area contributed by atoms with Gasteiger partial charge < -0.3 is 20.2 Å². The van der Waals surface area contributed by atoms with Gasteiger partial charge in [0.2, 0.25) is 0 Å². The van der Waals surface area contributed by atoms with Crippen molar-refractivity contribution in [1.82, 2.24) is 15.1 Å². The third-order valence-electron chi connectivity index (χ3n) is 3.98. The van der Waals surface area contributed by atoms with Crippen LogP contribution in [0.25, 0.3) is 0 Å². The summed E-state index contributed by atoms with van der Waals surface area (Å²) in [6, 6.07) is 0.153. The van der Waals surface area contributed by atoms with Gasteiger partial charge in [-0.3, -0.25) is 4.79 Å². The maximum absolute atomic E-state index is 12.2. The van der Waals surface area contributed by atoms with Gasteiger partial charge in [-0.15, -0.1) is 0 Å². The van der Waals surface area contributed by atoms with E-state index in [1.807, 2.05) is 7.05 Å². The summed E-state index contributed by atoms with van der Waals surface area (Å²) in [6.07, 6.45) is 1.10. The summed E-state index contributed by atoms with van der Waals surface area (Å²) in [7, 11) is 2.05. The number of carbonyl (C=O) groups is 2. The number of thioether (sulfide) groups is 1. The van der Waals surface area contributed by atoms with Gasteiger partial charge in [-0.05, 0) is 20.4 Å². The van der Waals surface area contributed by atoms with Crippen molar-refractivity contribution in [2.24, 2.45) is 0 Å². The highest BCUT2D eigenvalue weighted by Crippen LogP contribution is 2.19. The molecule has 1 fully saturated rings. The van der Waals surface area contributed by atoms with Gasteiger partial charge in [-0.2, -0.15) is 11.8 Å². The Kier molecular flexibility index (Phi) is 7.88. The van der Waals surface area contributed by atoms with E-state index in [1.54, 1.807) is 16.7 Å². The van der Waals surface area contributed by atoms with E-state index < -0.39 is 5.97 Å². The molecule has 0 aromatic carbocycles. The van der Waals surface area contributed by atoms with Crippen LogP contribution in [0, 0.1) is 0 Å². The lowest BCUT2D eigenvalue weighted by atomic mass is 10.2.